The van der Waals surface area contributed by atoms with Crippen LogP contribution in [0.3, 0.4) is 0 Å². The maximum atomic E-state index is 6.10. The predicted octanol–water partition coefficient (Wildman–Crippen LogP) is 3.92. The Bertz CT molecular complexity index is 427. The van der Waals surface area contributed by atoms with Gasteiger partial charge in [-0.1, -0.05) is 25.4 Å². The fourth-order valence-corrected chi connectivity index (χ4v) is 2.70. The zero-order chi connectivity index (χ0) is 13.9. The average Bonchev–Trinajstić information content (AvgIpc) is 3.09. The lowest BCUT2D eigenvalue weighted by molar-refractivity contribution is 0.393. The van der Waals surface area contributed by atoms with E-state index in [1.807, 2.05) is 18.2 Å². The summed E-state index contributed by atoms with van der Waals surface area (Å²) in [6.45, 7) is 6.68. The summed E-state index contributed by atoms with van der Waals surface area (Å²) in [5, 5.41) is 4.38. The highest BCUT2D eigenvalue weighted by atomic mass is 35.5. The SMILES string of the molecule is COc1ccc(Cl)cc1CC1(CNCC(C)C)CC1. The second kappa shape index (κ2) is 6.15. The summed E-state index contributed by atoms with van der Waals surface area (Å²) in [5.74, 6) is 1.66. The summed E-state index contributed by atoms with van der Waals surface area (Å²) < 4.78 is 5.44. The molecule has 0 radical (unpaired) electrons. The van der Waals surface area contributed by atoms with Gasteiger partial charge in [-0.2, -0.15) is 0 Å². The van der Waals surface area contributed by atoms with Crippen LogP contribution >= 0.6 is 11.6 Å². The minimum Gasteiger partial charge on any atom is -0.496 e. The van der Waals surface area contributed by atoms with Gasteiger partial charge in [-0.15, -0.1) is 0 Å². The number of benzene rings is 1. The number of halogens is 1. The normalized spacial score (nSPS) is 16.7. The van der Waals surface area contributed by atoms with Crippen LogP contribution in [-0.2, 0) is 6.42 Å². The average molecular weight is 282 g/mol. The lowest BCUT2D eigenvalue weighted by Gasteiger charge is -2.19. The maximum absolute atomic E-state index is 6.10. The Morgan fingerprint density at radius 1 is 1.37 bits per heavy atom. The van der Waals surface area contributed by atoms with Crippen molar-refractivity contribution in [2.75, 3.05) is 20.2 Å². The van der Waals surface area contributed by atoms with Gasteiger partial charge in [0, 0.05) is 11.6 Å². The van der Waals surface area contributed by atoms with Crippen molar-refractivity contribution < 1.29 is 4.74 Å². The number of rotatable bonds is 7. The van der Waals surface area contributed by atoms with E-state index in [1.165, 1.54) is 18.4 Å². The molecule has 0 saturated heterocycles. The molecule has 0 aliphatic heterocycles. The summed E-state index contributed by atoms with van der Waals surface area (Å²) in [6.07, 6.45) is 3.66. The molecule has 0 spiro atoms. The van der Waals surface area contributed by atoms with Crippen molar-refractivity contribution in [1.82, 2.24) is 5.32 Å². The van der Waals surface area contributed by atoms with Crippen LogP contribution in [0.5, 0.6) is 5.75 Å². The van der Waals surface area contributed by atoms with Crippen molar-refractivity contribution in [1.29, 1.82) is 0 Å². The first-order chi connectivity index (χ1) is 9.04. The summed E-state index contributed by atoms with van der Waals surface area (Å²) in [4.78, 5) is 0. The van der Waals surface area contributed by atoms with Crippen LogP contribution in [-0.4, -0.2) is 20.2 Å². The number of hydrogen-bond donors (Lipinski definition) is 1. The third-order valence-corrected chi connectivity index (χ3v) is 4.05. The molecule has 1 fully saturated rings. The lowest BCUT2D eigenvalue weighted by Crippen LogP contribution is -2.28. The van der Waals surface area contributed by atoms with Crippen LogP contribution in [0.15, 0.2) is 18.2 Å². The molecule has 0 unspecified atom stereocenters. The van der Waals surface area contributed by atoms with Crippen LogP contribution in [0, 0.1) is 11.3 Å². The van der Waals surface area contributed by atoms with Gasteiger partial charge in [0.25, 0.3) is 0 Å². The monoisotopic (exact) mass is 281 g/mol. The molecule has 3 heteroatoms. The van der Waals surface area contributed by atoms with Crippen molar-refractivity contribution in [3.63, 3.8) is 0 Å². The highest BCUT2D eigenvalue weighted by molar-refractivity contribution is 6.30. The predicted molar refractivity (Wildman–Crippen MR) is 81.1 cm³/mol. The molecule has 2 rings (SSSR count). The Balaban J connectivity index is 1.98. The third kappa shape index (κ3) is 4.12. The minimum atomic E-state index is 0.423. The van der Waals surface area contributed by atoms with Crippen LogP contribution in [0.2, 0.25) is 5.02 Å². The van der Waals surface area contributed by atoms with Gasteiger partial charge in [-0.05, 0) is 60.9 Å². The van der Waals surface area contributed by atoms with Crippen LogP contribution < -0.4 is 10.1 Å². The van der Waals surface area contributed by atoms with Gasteiger partial charge >= 0.3 is 0 Å². The Morgan fingerprint density at radius 2 is 2.11 bits per heavy atom. The summed E-state index contributed by atoms with van der Waals surface area (Å²) in [6, 6.07) is 5.90. The molecule has 2 nitrogen and oxygen atoms in total. The van der Waals surface area contributed by atoms with E-state index in [0.717, 1.165) is 30.3 Å². The van der Waals surface area contributed by atoms with Crippen LogP contribution in [0.1, 0.15) is 32.3 Å². The van der Waals surface area contributed by atoms with E-state index in [-0.39, 0.29) is 0 Å². The van der Waals surface area contributed by atoms with Gasteiger partial charge < -0.3 is 10.1 Å². The largest absolute Gasteiger partial charge is 0.496 e. The van der Waals surface area contributed by atoms with E-state index in [1.54, 1.807) is 7.11 Å². The quantitative estimate of drug-likeness (QED) is 0.818. The molecular weight excluding hydrogens is 258 g/mol. The summed E-state index contributed by atoms with van der Waals surface area (Å²) >= 11 is 6.10. The van der Waals surface area contributed by atoms with E-state index in [0.29, 0.717) is 11.3 Å². The molecule has 0 heterocycles. The molecule has 0 amide bonds. The first-order valence-electron chi connectivity index (χ1n) is 7.08. The molecule has 1 N–H and O–H groups in total. The third-order valence-electron chi connectivity index (χ3n) is 3.82. The number of nitrogens with one attached hydrogen (secondary N) is 1. The molecular formula is C16H24ClNO. The molecule has 0 bridgehead atoms. The molecule has 106 valence electrons. The fraction of sp³-hybridized carbons (Fsp3) is 0.625. The van der Waals surface area contributed by atoms with Crippen molar-refractivity contribution >= 4 is 11.6 Å². The van der Waals surface area contributed by atoms with Gasteiger partial charge in [0.2, 0.25) is 0 Å². The van der Waals surface area contributed by atoms with E-state index in [2.05, 4.69) is 19.2 Å². The van der Waals surface area contributed by atoms with Crippen molar-refractivity contribution in [3.8, 4) is 5.75 Å². The second-order valence-corrected chi connectivity index (χ2v) is 6.59. The number of methoxy groups -OCH3 is 1. The van der Waals surface area contributed by atoms with E-state index in [9.17, 15) is 0 Å². The minimum absolute atomic E-state index is 0.423. The molecule has 19 heavy (non-hydrogen) atoms. The number of hydrogen-bond acceptors (Lipinski definition) is 2. The van der Waals surface area contributed by atoms with Gasteiger partial charge in [0.05, 0.1) is 7.11 Å². The van der Waals surface area contributed by atoms with E-state index in [4.69, 9.17) is 16.3 Å². The molecule has 1 aromatic rings. The zero-order valence-electron chi connectivity index (χ0n) is 12.1. The first kappa shape index (κ1) is 14.7. The van der Waals surface area contributed by atoms with Gasteiger partial charge in [-0.25, -0.2) is 0 Å². The second-order valence-electron chi connectivity index (χ2n) is 6.16. The van der Waals surface area contributed by atoms with Crippen molar-refractivity contribution in [3.05, 3.63) is 28.8 Å². The smallest absolute Gasteiger partial charge is 0.122 e. The molecule has 1 aromatic carbocycles. The zero-order valence-corrected chi connectivity index (χ0v) is 12.9. The van der Waals surface area contributed by atoms with Crippen LogP contribution in [0.25, 0.3) is 0 Å². The van der Waals surface area contributed by atoms with Crippen LogP contribution in [0.4, 0.5) is 0 Å². The standard InChI is InChI=1S/C16H24ClNO/c1-12(2)10-18-11-16(6-7-16)9-13-8-14(17)4-5-15(13)19-3/h4-5,8,12,18H,6-7,9-11H2,1-3H3. The molecule has 0 atom stereocenters. The Labute approximate surface area is 121 Å². The summed E-state index contributed by atoms with van der Waals surface area (Å²) in [7, 11) is 1.73. The molecule has 1 aliphatic carbocycles. The number of ether oxygens (including phenoxy) is 1. The molecule has 1 saturated carbocycles. The molecule has 1 aliphatic rings. The first-order valence-corrected chi connectivity index (χ1v) is 7.46. The Kier molecular flexibility index (Phi) is 4.75. The van der Waals surface area contributed by atoms with Gasteiger partial charge in [-0.3, -0.25) is 0 Å². The van der Waals surface area contributed by atoms with Gasteiger partial charge in [0.15, 0.2) is 0 Å². The van der Waals surface area contributed by atoms with E-state index < -0.39 is 0 Å². The molecule has 0 aromatic heterocycles. The fourth-order valence-electron chi connectivity index (χ4n) is 2.51. The van der Waals surface area contributed by atoms with Crippen molar-refractivity contribution in [2.24, 2.45) is 11.3 Å². The Morgan fingerprint density at radius 3 is 2.68 bits per heavy atom. The van der Waals surface area contributed by atoms with Gasteiger partial charge in [0.1, 0.15) is 5.75 Å². The van der Waals surface area contributed by atoms with E-state index >= 15 is 0 Å². The topological polar surface area (TPSA) is 21.3 Å². The lowest BCUT2D eigenvalue weighted by atomic mass is 9.95. The van der Waals surface area contributed by atoms with Crippen molar-refractivity contribution in [2.45, 2.75) is 33.1 Å². The Hall–Kier alpha value is -0.730. The maximum Gasteiger partial charge on any atom is 0.122 e. The highest BCUT2D eigenvalue weighted by Crippen LogP contribution is 2.49. The highest BCUT2D eigenvalue weighted by Gasteiger charge is 2.42. The summed E-state index contributed by atoms with van der Waals surface area (Å²) in [5.41, 5.74) is 1.66.